The molecule has 1 fully saturated rings. The second-order valence-corrected chi connectivity index (χ2v) is 4.30. The molecular formula is C12H14O4. The molecule has 0 aliphatic heterocycles. The summed E-state index contributed by atoms with van der Waals surface area (Å²) in [5.74, 6) is -1.26. The van der Waals surface area contributed by atoms with Crippen LogP contribution in [0.15, 0.2) is 24.3 Å². The molecule has 0 heterocycles. The van der Waals surface area contributed by atoms with E-state index in [1.54, 1.807) is 18.2 Å². The van der Waals surface area contributed by atoms with Crippen LogP contribution < -0.4 is 0 Å². The highest BCUT2D eigenvalue weighted by Crippen LogP contribution is 2.47. The minimum Gasteiger partial charge on any atom is -0.479 e. The van der Waals surface area contributed by atoms with Gasteiger partial charge < -0.3 is 15.3 Å². The van der Waals surface area contributed by atoms with E-state index in [0.29, 0.717) is 5.56 Å². The second kappa shape index (κ2) is 3.88. The van der Waals surface area contributed by atoms with Gasteiger partial charge in [-0.15, -0.1) is 0 Å². The van der Waals surface area contributed by atoms with E-state index in [2.05, 4.69) is 0 Å². The topological polar surface area (TPSA) is 77.8 Å². The summed E-state index contributed by atoms with van der Waals surface area (Å²) in [6.07, 6.45) is 0.334. The van der Waals surface area contributed by atoms with Crippen LogP contribution in [0, 0.1) is 0 Å². The Kier molecular flexibility index (Phi) is 2.69. The Morgan fingerprint density at radius 3 is 2.62 bits per heavy atom. The number of hydrogen-bond donors (Lipinski definition) is 3. The third-order valence-electron chi connectivity index (χ3n) is 3.20. The van der Waals surface area contributed by atoms with E-state index in [1.807, 2.05) is 6.07 Å². The van der Waals surface area contributed by atoms with Crippen LogP contribution in [-0.4, -0.2) is 27.9 Å². The highest BCUT2D eigenvalue weighted by Gasteiger charge is 2.43. The van der Waals surface area contributed by atoms with Gasteiger partial charge in [-0.3, -0.25) is 0 Å². The molecule has 1 aromatic carbocycles. The molecule has 16 heavy (non-hydrogen) atoms. The van der Waals surface area contributed by atoms with Gasteiger partial charge in [-0.1, -0.05) is 24.3 Å². The fourth-order valence-corrected chi connectivity index (χ4v) is 1.87. The molecule has 1 unspecified atom stereocenters. The quantitative estimate of drug-likeness (QED) is 0.705. The molecule has 0 saturated heterocycles. The molecule has 0 bridgehead atoms. The number of carbonyl (C=O) groups is 1. The molecule has 0 aromatic heterocycles. The average Bonchev–Trinajstić information content (AvgIpc) is 3.09. The fourth-order valence-electron chi connectivity index (χ4n) is 1.87. The van der Waals surface area contributed by atoms with Crippen LogP contribution in [-0.2, 0) is 10.2 Å². The van der Waals surface area contributed by atoms with E-state index in [4.69, 9.17) is 5.11 Å². The summed E-state index contributed by atoms with van der Waals surface area (Å²) in [4.78, 5) is 10.6. The third kappa shape index (κ3) is 1.81. The third-order valence-corrected chi connectivity index (χ3v) is 3.20. The minimum atomic E-state index is -1.49. The summed E-state index contributed by atoms with van der Waals surface area (Å²) >= 11 is 0. The number of rotatable bonds is 4. The predicted molar refractivity (Wildman–Crippen MR) is 57.0 cm³/mol. The Hall–Kier alpha value is -1.39. The van der Waals surface area contributed by atoms with Gasteiger partial charge >= 0.3 is 5.97 Å². The molecule has 3 N–H and O–H groups in total. The van der Waals surface area contributed by atoms with E-state index >= 15 is 0 Å². The molecule has 4 nitrogen and oxygen atoms in total. The summed E-state index contributed by atoms with van der Waals surface area (Å²) in [5.41, 5.74) is 1.08. The summed E-state index contributed by atoms with van der Waals surface area (Å²) in [6.45, 7) is 0.0691. The van der Waals surface area contributed by atoms with Crippen molar-refractivity contribution < 1.29 is 20.1 Å². The molecular weight excluding hydrogens is 208 g/mol. The van der Waals surface area contributed by atoms with Crippen molar-refractivity contribution in [3.8, 4) is 0 Å². The van der Waals surface area contributed by atoms with Gasteiger partial charge in [0.15, 0.2) is 6.10 Å². The first-order valence-corrected chi connectivity index (χ1v) is 5.21. The van der Waals surface area contributed by atoms with Crippen molar-refractivity contribution in [2.24, 2.45) is 0 Å². The van der Waals surface area contributed by atoms with Gasteiger partial charge in [-0.2, -0.15) is 0 Å². The van der Waals surface area contributed by atoms with Crippen molar-refractivity contribution in [3.05, 3.63) is 35.4 Å². The maximum atomic E-state index is 10.6. The van der Waals surface area contributed by atoms with Gasteiger partial charge in [0.2, 0.25) is 0 Å². The number of aliphatic carboxylic acids is 1. The molecule has 2 rings (SSSR count). The Morgan fingerprint density at radius 2 is 2.12 bits per heavy atom. The standard InChI is InChI=1S/C12H14O4/c13-7-12(4-5-12)9-3-1-2-8(6-9)10(14)11(15)16/h1-3,6,10,13-14H,4-5,7H2,(H,15,16). The van der Waals surface area contributed by atoms with Crippen LogP contribution in [0.25, 0.3) is 0 Å². The van der Waals surface area contributed by atoms with Gasteiger partial charge in [-0.05, 0) is 24.0 Å². The molecule has 1 atom stereocenters. The molecule has 1 aromatic rings. The Balaban J connectivity index is 2.30. The Bertz CT molecular complexity index is 409. The van der Waals surface area contributed by atoms with Crippen molar-refractivity contribution in [2.75, 3.05) is 6.61 Å². The highest BCUT2D eigenvalue weighted by molar-refractivity contribution is 5.74. The van der Waals surface area contributed by atoms with Gasteiger partial charge in [0.05, 0.1) is 6.61 Å². The van der Waals surface area contributed by atoms with Gasteiger partial charge in [0, 0.05) is 5.41 Å². The van der Waals surface area contributed by atoms with Crippen molar-refractivity contribution >= 4 is 5.97 Å². The van der Waals surface area contributed by atoms with Gasteiger partial charge in [-0.25, -0.2) is 4.79 Å². The number of carboxylic acid groups (broad SMARTS) is 1. The number of aliphatic hydroxyl groups is 2. The van der Waals surface area contributed by atoms with E-state index in [9.17, 15) is 15.0 Å². The lowest BCUT2D eigenvalue weighted by Gasteiger charge is -2.14. The number of carboxylic acids is 1. The van der Waals surface area contributed by atoms with Crippen molar-refractivity contribution in [1.82, 2.24) is 0 Å². The molecule has 0 spiro atoms. The van der Waals surface area contributed by atoms with Crippen molar-refractivity contribution in [3.63, 3.8) is 0 Å². The van der Waals surface area contributed by atoms with E-state index in [-0.39, 0.29) is 12.0 Å². The smallest absolute Gasteiger partial charge is 0.337 e. The average molecular weight is 222 g/mol. The predicted octanol–water partition coefficient (Wildman–Crippen LogP) is 0.829. The Labute approximate surface area is 93.2 Å². The van der Waals surface area contributed by atoms with Gasteiger partial charge in [0.1, 0.15) is 0 Å². The van der Waals surface area contributed by atoms with Crippen LogP contribution in [0.1, 0.15) is 30.1 Å². The number of benzene rings is 1. The highest BCUT2D eigenvalue weighted by atomic mass is 16.4. The zero-order valence-corrected chi connectivity index (χ0v) is 8.76. The van der Waals surface area contributed by atoms with Crippen LogP contribution in [0.4, 0.5) is 0 Å². The maximum absolute atomic E-state index is 10.6. The molecule has 0 radical (unpaired) electrons. The minimum absolute atomic E-state index is 0.0691. The molecule has 0 amide bonds. The van der Waals surface area contributed by atoms with E-state index in [1.165, 1.54) is 0 Å². The SMILES string of the molecule is O=C(O)C(O)c1cccc(C2(CO)CC2)c1. The summed E-state index contributed by atoms with van der Waals surface area (Å²) < 4.78 is 0. The van der Waals surface area contributed by atoms with Crippen LogP contribution in [0.2, 0.25) is 0 Å². The van der Waals surface area contributed by atoms with Crippen LogP contribution >= 0.6 is 0 Å². The van der Waals surface area contributed by atoms with Crippen molar-refractivity contribution in [1.29, 1.82) is 0 Å². The number of hydrogen-bond acceptors (Lipinski definition) is 3. The molecule has 1 aliphatic carbocycles. The summed E-state index contributed by atoms with van der Waals surface area (Å²) in [6, 6.07) is 6.82. The van der Waals surface area contributed by atoms with E-state index in [0.717, 1.165) is 18.4 Å². The number of aliphatic hydroxyl groups excluding tert-OH is 2. The lowest BCUT2D eigenvalue weighted by atomic mass is 9.94. The molecule has 4 heteroatoms. The largest absolute Gasteiger partial charge is 0.479 e. The van der Waals surface area contributed by atoms with Gasteiger partial charge in [0.25, 0.3) is 0 Å². The lowest BCUT2D eigenvalue weighted by molar-refractivity contribution is -0.146. The molecule has 1 saturated carbocycles. The first-order chi connectivity index (χ1) is 7.59. The zero-order valence-electron chi connectivity index (χ0n) is 8.76. The summed E-state index contributed by atoms with van der Waals surface area (Å²) in [5, 5.41) is 27.4. The normalized spacial score (nSPS) is 19.1. The Morgan fingerprint density at radius 1 is 1.44 bits per heavy atom. The molecule has 1 aliphatic rings. The van der Waals surface area contributed by atoms with E-state index < -0.39 is 12.1 Å². The maximum Gasteiger partial charge on any atom is 0.337 e. The second-order valence-electron chi connectivity index (χ2n) is 4.30. The first kappa shape index (κ1) is 11.1. The monoisotopic (exact) mass is 222 g/mol. The zero-order chi connectivity index (χ0) is 11.8. The first-order valence-electron chi connectivity index (χ1n) is 5.21. The fraction of sp³-hybridized carbons (Fsp3) is 0.417. The van der Waals surface area contributed by atoms with Crippen LogP contribution in [0.5, 0.6) is 0 Å². The van der Waals surface area contributed by atoms with Crippen LogP contribution in [0.3, 0.4) is 0 Å². The summed E-state index contributed by atoms with van der Waals surface area (Å²) in [7, 11) is 0. The molecule has 86 valence electrons. The lowest BCUT2D eigenvalue weighted by Crippen LogP contribution is -2.14. The van der Waals surface area contributed by atoms with Crippen molar-refractivity contribution in [2.45, 2.75) is 24.4 Å².